The van der Waals surface area contributed by atoms with Crippen LogP contribution in [-0.4, -0.2) is 70.9 Å². The van der Waals surface area contributed by atoms with Crippen LogP contribution in [-0.2, 0) is 14.3 Å². The molecule has 1 atom stereocenters. The van der Waals surface area contributed by atoms with E-state index in [1.165, 1.54) is 0 Å². The topological polar surface area (TPSA) is 80.7 Å². The van der Waals surface area contributed by atoms with Crippen molar-refractivity contribution in [2.45, 2.75) is 31.5 Å². The Morgan fingerprint density at radius 2 is 1.86 bits per heavy atom. The van der Waals surface area contributed by atoms with Gasteiger partial charge in [-0.05, 0) is 18.9 Å². The maximum Gasteiger partial charge on any atom is 0.227 e. The molecule has 1 spiro atoms. The second kappa shape index (κ2) is 7.25. The molecule has 8 nitrogen and oxygen atoms in total. The minimum atomic E-state index is -0.437. The van der Waals surface area contributed by atoms with E-state index in [4.69, 9.17) is 9.47 Å². The second-order valence-corrected chi connectivity index (χ2v) is 7.81. The molecule has 5 heterocycles. The molecule has 3 aliphatic rings. The van der Waals surface area contributed by atoms with Gasteiger partial charge in [0.25, 0.3) is 0 Å². The summed E-state index contributed by atoms with van der Waals surface area (Å²) in [6, 6.07) is 2.02. The molecule has 0 radical (unpaired) electrons. The largest absolute Gasteiger partial charge is 0.369 e. The van der Waals surface area contributed by atoms with Gasteiger partial charge in [-0.25, -0.2) is 9.97 Å². The highest BCUT2D eigenvalue weighted by atomic mass is 16.7. The van der Waals surface area contributed by atoms with E-state index < -0.39 is 5.79 Å². The number of hydrogen-bond donors (Lipinski definition) is 0. The summed E-state index contributed by atoms with van der Waals surface area (Å²) >= 11 is 0. The lowest BCUT2D eigenvalue weighted by atomic mass is 9.94. The zero-order valence-electron chi connectivity index (χ0n) is 15.9. The van der Waals surface area contributed by atoms with E-state index in [9.17, 15) is 4.79 Å². The fourth-order valence-corrected chi connectivity index (χ4v) is 4.55. The number of carbonyl (C=O) groups excluding carboxylic acids is 1. The summed E-state index contributed by atoms with van der Waals surface area (Å²) in [5.41, 5.74) is 2.44. The van der Waals surface area contributed by atoms with Crippen LogP contribution >= 0.6 is 0 Å². The van der Waals surface area contributed by atoms with Crippen molar-refractivity contribution in [3.63, 3.8) is 0 Å². The standard InChI is InChI=1S/C20H25N5O3/c26-19(24-8-3-20(4-9-24)27-10-11-28-20)15-2-1-7-25(14-15)16-12-17-18(23-13-16)22-6-5-21-17/h5-6,12-13,15H,1-4,7-11,14H2/t15-/m1/s1. The number of nitrogens with zero attached hydrogens (tertiary/aromatic N) is 5. The predicted octanol–water partition coefficient (Wildman–Crippen LogP) is 1.61. The van der Waals surface area contributed by atoms with Gasteiger partial charge < -0.3 is 19.3 Å². The van der Waals surface area contributed by atoms with Crippen molar-refractivity contribution in [3.8, 4) is 0 Å². The van der Waals surface area contributed by atoms with Crippen LogP contribution in [0, 0.1) is 5.92 Å². The van der Waals surface area contributed by atoms with E-state index in [1.807, 2.05) is 17.2 Å². The Kier molecular flexibility index (Phi) is 4.60. The SMILES string of the molecule is O=C([C@@H]1CCCN(c2cnc3nccnc3c2)C1)N1CCC2(CC1)OCCO2. The van der Waals surface area contributed by atoms with Crippen LogP contribution < -0.4 is 4.90 Å². The number of carbonyl (C=O) groups is 1. The Morgan fingerprint density at radius 1 is 1.07 bits per heavy atom. The highest BCUT2D eigenvalue weighted by molar-refractivity contribution is 5.80. The smallest absolute Gasteiger partial charge is 0.227 e. The van der Waals surface area contributed by atoms with Gasteiger partial charge in [-0.2, -0.15) is 0 Å². The fraction of sp³-hybridized carbons (Fsp3) is 0.600. The monoisotopic (exact) mass is 383 g/mol. The number of amides is 1. The Hall–Kier alpha value is -2.32. The summed E-state index contributed by atoms with van der Waals surface area (Å²) < 4.78 is 11.6. The predicted molar refractivity (Wildman–Crippen MR) is 103 cm³/mol. The minimum Gasteiger partial charge on any atom is -0.369 e. The Labute approximate surface area is 163 Å². The number of anilines is 1. The van der Waals surface area contributed by atoms with Crippen molar-refractivity contribution in [1.82, 2.24) is 19.9 Å². The molecule has 5 rings (SSSR count). The Bertz CT molecular complexity index is 860. The molecule has 0 N–H and O–H groups in total. The summed E-state index contributed by atoms with van der Waals surface area (Å²) in [5.74, 6) is -0.162. The third-order valence-corrected chi connectivity index (χ3v) is 6.10. The number of likely N-dealkylation sites (tertiary alicyclic amines) is 1. The van der Waals surface area contributed by atoms with E-state index in [0.717, 1.165) is 50.0 Å². The molecular formula is C20H25N5O3. The summed E-state index contributed by atoms with van der Waals surface area (Å²) in [5, 5.41) is 0. The van der Waals surface area contributed by atoms with Crippen molar-refractivity contribution in [1.29, 1.82) is 0 Å². The van der Waals surface area contributed by atoms with Crippen molar-refractivity contribution >= 4 is 22.8 Å². The number of rotatable bonds is 2. The lowest BCUT2D eigenvalue weighted by molar-refractivity contribution is -0.188. The number of aromatic nitrogens is 3. The van der Waals surface area contributed by atoms with Crippen LogP contribution in [0.2, 0.25) is 0 Å². The quantitative estimate of drug-likeness (QED) is 0.779. The van der Waals surface area contributed by atoms with E-state index in [-0.39, 0.29) is 11.8 Å². The average Bonchev–Trinajstić information content (AvgIpc) is 3.21. The van der Waals surface area contributed by atoms with Gasteiger partial charge in [0.1, 0.15) is 5.52 Å². The molecule has 1 amide bonds. The van der Waals surface area contributed by atoms with Gasteiger partial charge in [-0.3, -0.25) is 9.78 Å². The van der Waals surface area contributed by atoms with Crippen molar-refractivity contribution in [3.05, 3.63) is 24.7 Å². The van der Waals surface area contributed by atoms with E-state index in [0.29, 0.717) is 32.0 Å². The van der Waals surface area contributed by atoms with Crippen LogP contribution in [0.4, 0.5) is 5.69 Å². The van der Waals surface area contributed by atoms with Gasteiger partial charge in [0.2, 0.25) is 5.91 Å². The third kappa shape index (κ3) is 3.31. The van der Waals surface area contributed by atoms with E-state index >= 15 is 0 Å². The molecule has 0 bridgehead atoms. The molecule has 2 aromatic heterocycles. The molecule has 8 heteroatoms. The van der Waals surface area contributed by atoms with Gasteiger partial charge in [0, 0.05) is 51.4 Å². The van der Waals surface area contributed by atoms with Gasteiger partial charge >= 0.3 is 0 Å². The molecule has 3 aliphatic heterocycles. The number of fused-ring (bicyclic) bond motifs is 1. The van der Waals surface area contributed by atoms with Gasteiger partial charge in [0.15, 0.2) is 11.4 Å². The summed E-state index contributed by atoms with van der Waals surface area (Å²) in [7, 11) is 0. The first-order valence-corrected chi connectivity index (χ1v) is 10.1. The summed E-state index contributed by atoms with van der Waals surface area (Å²) in [6.45, 7) is 4.40. The number of piperidine rings is 2. The molecule has 28 heavy (non-hydrogen) atoms. The zero-order chi connectivity index (χ0) is 19.0. The summed E-state index contributed by atoms with van der Waals surface area (Å²) in [6.07, 6.45) is 8.63. The first-order valence-electron chi connectivity index (χ1n) is 10.1. The van der Waals surface area contributed by atoms with Crippen LogP contribution in [0.25, 0.3) is 11.2 Å². The highest BCUT2D eigenvalue weighted by Gasteiger charge is 2.42. The average molecular weight is 383 g/mol. The van der Waals surface area contributed by atoms with E-state index in [2.05, 4.69) is 19.9 Å². The van der Waals surface area contributed by atoms with Gasteiger partial charge in [-0.15, -0.1) is 0 Å². The molecule has 0 unspecified atom stereocenters. The number of ether oxygens (including phenoxy) is 2. The molecule has 0 aliphatic carbocycles. The molecule has 0 aromatic carbocycles. The zero-order valence-corrected chi connectivity index (χ0v) is 15.9. The highest BCUT2D eigenvalue weighted by Crippen LogP contribution is 2.33. The lowest BCUT2D eigenvalue weighted by Crippen LogP contribution is -2.51. The molecular weight excluding hydrogens is 358 g/mol. The van der Waals surface area contributed by atoms with Crippen LogP contribution in [0.1, 0.15) is 25.7 Å². The van der Waals surface area contributed by atoms with Gasteiger partial charge in [-0.1, -0.05) is 0 Å². The molecule has 2 aromatic rings. The summed E-state index contributed by atoms with van der Waals surface area (Å²) in [4.78, 5) is 30.4. The maximum absolute atomic E-state index is 13.1. The Balaban J connectivity index is 1.25. The lowest BCUT2D eigenvalue weighted by Gasteiger charge is -2.41. The van der Waals surface area contributed by atoms with Gasteiger partial charge in [0.05, 0.1) is 31.0 Å². The van der Waals surface area contributed by atoms with Crippen LogP contribution in [0.5, 0.6) is 0 Å². The molecule has 148 valence electrons. The van der Waals surface area contributed by atoms with Crippen molar-refractivity contribution in [2.75, 3.05) is 44.3 Å². The van der Waals surface area contributed by atoms with Crippen LogP contribution in [0.15, 0.2) is 24.7 Å². The normalized spacial score (nSPS) is 24.8. The molecule has 0 saturated carbocycles. The van der Waals surface area contributed by atoms with Crippen molar-refractivity contribution < 1.29 is 14.3 Å². The molecule has 3 fully saturated rings. The van der Waals surface area contributed by atoms with Crippen LogP contribution in [0.3, 0.4) is 0 Å². The third-order valence-electron chi connectivity index (χ3n) is 6.10. The fourth-order valence-electron chi connectivity index (χ4n) is 4.55. The minimum absolute atomic E-state index is 0.0192. The first kappa shape index (κ1) is 17.8. The number of hydrogen-bond acceptors (Lipinski definition) is 7. The first-order chi connectivity index (χ1) is 13.7. The second-order valence-electron chi connectivity index (χ2n) is 7.81. The van der Waals surface area contributed by atoms with E-state index in [1.54, 1.807) is 12.4 Å². The maximum atomic E-state index is 13.1. The molecule has 3 saturated heterocycles. The number of pyridine rings is 1. The van der Waals surface area contributed by atoms with Crippen molar-refractivity contribution in [2.24, 2.45) is 5.92 Å². The Morgan fingerprint density at radius 3 is 2.68 bits per heavy atom.